The van der Waals surface area contributed by atoms with E-state index >= 15 is 0 Å². The van der Waals surface area contributed by atoms with E-state index in [2.05, 4.69) is 6.58 Å². The zero-order valence-electron chi connectivity index (χ0n) is 12.0. The van der Waals surface area contributed by atoms with Crippen molar-refractivity contribution >= 4 is 10.0 Å². The van der Waals surface area contributed by atoms with Crippen LogP contribution in [0.2, 0.25) is 0 Å². The van der Waals surface area contributed by atoms with Crippen LogP contribution in [0, 0.1) is 0 Å². The number of aliphatic hydroxyl groups excluding tert-OH is 1. The Kier molecular flexibility index (Phi) is 5.74. The summed E-state index contributed by atoms with van der Waals surface area (Å²) in [5.74, 6) is 0.261. The summed E-state index contributed by atoms with van der Waals surface area (Å²) in [7, 11) is -2.29. The molecule has 0 heterocycles. The van der Waals surface area contributed by atoms with Gasteiger partial charge < -0.3 is 9.84 Å². The van der Waals surface area contributed by atoms with Crippen molar-refractivity contribution in [3.8, 4) is 5.75 Å². The SMILES string of the molecule is C=CCN(C(C)C)S(=O)(=O)c1cc(CO)ccc1OC. The van der Waals surface area contributed by atoms with Crippen LogP contribution < -0.4 is 4.74 Å². The molecule has 0 radical (unpaired) electrons. The molecule has 112 valence electrons. The molecule has 5 nitrogen and oxygen atoms in total. The number of hydrogen-bond donors (Lipinski definition) is 1. The maximum Gasteiger partial charge on any atom is 0.247 e. The van der Waals surface area contributed by atoms with Gasteiger partial charge in [0.25, 0.3) is 0 Å². The highest BCUT2D eigenvalue weighted by molar-refractivity contribution is 7.89. The summed E-state index contributed by atoms with van der Waals surface area (Å²) in [5, 5.41) is 9.18. The molecular weight excluding hydrogens is 278 g/mol. The van der Waals surface area contributed by atoms with Gasteiger partial charge >= 0.3 is 0 Å². The monoisotopic (exact) mass is 299 g/mol. The average molecular weight is 299 g/mol. The van der Waals surface area contributed by atoms with E-state index in [9.17, 15) is 13.5 Å². The molecule has 0 bridgehead atoms. The topological polar surface area (TPSA) is 66.8 Å². The number of hydrogen-bond acceptors (Lipinski definition) is 4. The smallest absolute Gasteiger partial charge is 0.247 e. The van der Waals surface area contributed by atoms with Gasteiger partial charge in [-0.2, -0.15) is 4.31 Å². The summed E-state index contributed by atoms with van der Waals surface area (Å²) in [5.41, 5.74) is 0.520. The van der Waals surface area contributed by atoms with Gasteiger partial charge in [-0.3, -0.25) is 0 Å². The van der Waals surface area contributed by atoms with Crippen LogP contribution in [0.1, 0.15) is 19.4 Å². The van der Waals surface area contributed by atoms with Crippen LogP contribution in [0.5, 0.6) is 5.75 Å². The first-order valence-electron chi connectivity index (χ1n) is 6.29. The highest BCUT2D eigenvalue weighted by Crippen LogP contribution is 2.29. The molecule has 20 heavy (non-hydrogen) atoms. The van der Waals surface area contributed by atoms with Gasteiger partial charge in [-0.25, -0.2) is 8.42 Å². The molecule has 1 rings (SSSR count). The second-order valence-corrected chi connectivity index (χ2v) is 6.46. The highest BCUT2D eigenvalue weighted by atomic mass is 32.2. The van der Waals surface area contributed by atoms with Crippen molar-refractivity contribution in [1.82, 2.24) is 4.31 Å². The number of sulfonamides is 1. The fraction of sp³-hybridized carbons (Fsp3) is 0.429. The standard InChI is InChI=1S/C14H21NO4S/c1-5-8-15(11(2)3)20(17,18)14-9-12(10-16)6-7-13(14)19-4/h5-7,9,11,16H,1,8,10H2,2-4H3. The maximum atomic E-state index is 12.7. The molecule has 0 amide bonds. The second kappa shape index (κ2) is 6.88. The Labute approximate surface area is 120 Å². The third-order valence-corrected chi connectivity index (χ3v) is 4.95. The molecule has 1 aromatic carbocycles. The van der Waals surface area contributed by atoms with E-state index in [0.29, 0.717) is 5.56 Å². The Balaban J connectivity index is 3.42. The van der Waals surface area contributed by atoms with E-state index < -0.39 is 10.0 Å². The first-order chi connectivity index (χ1) is 9.38. The van der Waals surface area contributed by atoms with E-state index in [-0.39, 0.29) is 29.8 Å². The quantitative estimate of drug-likeness (QED) is 0.779. The van der Waals surface area contributed by atoms with Crippen molar-refractivity contribution in [2.75, 3.05) is 13.7 Å². The second-order valence-electron chi connectivity index (χ2n) is 4.60. The van der Waals surface area contributed by atoms with Crippen molar-refractivity contribution in [3.05, 3.63) is 36.4 Å². The molecule has 0 saturated carbocycles. The molecule has 0 aliphatic rings. The fourth-order valence-electron chi connectivity index (χ4n) is 1.86. The van der Waals surface area contributed by atoms with Crippen molar-refractivity contribution < 1.29 is 18.3 Å². The lowest BCUT2D eigenvalue weighted by Crippen LogP contribution is -2.37. The van der Waals surface area contributed by atoms with Crippen molar-refractivity contribution in [3.63, 3.8) is 0 Å². The minimum atomic E-state index is -3.71. The van der Waals surface area contributed by atoms with Gasteiger partial charge in [0, 0.05) is 12.6 Å². The van der Waals surface area contributed by atoms with Gasteiger partial charge in [0.1, 0.15) is 10.6 Å². The minimum Gasteiger partial charge on any atom is -0.495 e. The molecule has 0 atom stereocenters. The minimum absolute atomic E-state index is 0.0575. The number of nitrogens with zero attached hydrogens (tertiary/aromatic N) is 1. The first-order valence-corrected chi connectivity index (χ1v) is 7.73. The Morgan fingerprint density at radius 2 is 2.10 bits per heavy atom. The molecular formula is C14H21NO4S. The molecule has 0 saturated heterocycles. The molecule has 1 aromatic rings. The van der Waals surface area contributed by atoms with E-state index in [1.165, 1.54) is 17.5 Å². The Morgan fingerprint density at radius 1 is 1.45 bits per heavy atom. The molecule has 0 aliphatic carbocycles. The molecule has 0 aliphatic heterocycles. The number of methoxy groups -OCH3 is 1. The lowest BCUT2D eigenvalue weighted by molar-refractivity contribution is 0.281. The van der Waals surface area contributed by atoms with Crippen LogP contribution in [0.25, 0.3) is 0 Å². The zero-order valence-corrected chi connectivity index (χ0v) is 12.9. The van der Waals surface area contributed by atoms with Crippen LogP contribution in [-0.2, 0) is 16.6 Å². The number of ether oxygens (including phenoxy) is 1. The van der Waals surface area contributed by atoms with Gasteiger partial charge in [0.05, 0.1) is 13.7 Å². The number of aliphatic hydroxyl groups is 1. The Hall–Kier alpha value is -1.37. The largest absolute Gasteiger partial charge is 0.495 e. The van der Waals surface area contributed by atoms with Gasteiger partial charge in [-0.1, -0.05) is 12.1 Å². The van der Waals surface area contributed by atoms with Gasteiger partial charge in [-0.15, -0.1) is 6.58 Å². The number of benzene rings is 1. The molecule has 0 spiro atoms. The van der Waals surface area contributed by atoms with Crippen molar-refractivity contribution in [1.29, 1.82) is 0 Å². The van der Waals surface area contributed by atoms with Gasteiger partial charge in [0.15, 0.2) is 0 Å². The maximum absolute atomic E-state index is 12.7. The lowest BCUT2D eigenvalue weighted by atomic mass is 10.2. The predicted molar refractivity (Wildman–Crippen MR) is 78.1 cm³/mol. The summed E-state index contributed by atoms with van der Waals surface area (Å²) in [4.78, 5) is 0.0575. The van der Waals surface area contributed by atoms with E-state index in [1.54, 1.807) is 32.1 Å². The third kappa shape index (κ3) is 3.39. The summed E-state index contributed by atoms with van der Waals surface area (Å²) in [6.45, 7) is 7.17. The summed E-state index contributed by atoms with van der Waals surface area (Å²) >= 11 is 0. The van der Waals surface area contributed by atoms with E-state index in [4.69, 9.17) is 4.74 Å². The van der Waals surface area contributed by atoms with Gasteiger partial charge in [0.2, 0.25) is 10.0 Å². The lowest BCUT2D eigenvalue weighted by Gasteiger charge is -2.25. The van der Waals surface area contributed by atoms with Crippen LogP contribution in [0.15, 0.2) is 35.7 Å². The van der Waals surface area contributed by atoms with Crippen LogP contribution in [0.3, 0.4) is 0 Å². The van der Waals surface area contributed by atoms with Crippen LogP contribution >= 0.6 is 0 Å². The third-order valence-electron chi connectivity index (χ3n) is 2.88. The molecule has 1 N–H and O–H groups in total. The first kappa shape index (κ1) is 16.7. The zero-order chi connectivity index (χ0) is 15.3. The van der Waals surface area contributed by atoms with E-state index in [1.807, 2.05) is 0 Å². The molecule has 0 unspecified atom stereocenters. The highest BCUT2D eigenvalue weighted by Gasteiger charge is 2.29. The van der Waals surface area contributed by atoms with Gasteiger partial charge in [-0.05, 0) is 31.5 Å². The predicted octanol–water partition coefficient (Wildman–Crippen LogP) is 1.77. The Morgan fingerprint density at radius 3 is 2.55 bits per heavy atom. The molecule has 6 heteroatoms. The summed E-state index contributed by atoms with van der Waals surface area (Å²) < 4.78 is 31.9. The van der Waals surface area contributed by atoms with E-state index in [0.717, 1.165) is 0 Å². The van der Waals surface area contributed by atoms with Crippen LogP contribution in [-0.4, -0.2) is 37.5 Å². The average Bonchev–Trinajstić information content (AvgIpc) is 2.43. The fourth-order valence-corrected chi connectivity index (χ4v) is 3.68. The summed E-state index contributed by atoms with van der Waals surface area (Å²) in [6.07, 6.45) is 1.54. The van der Waals surface area contributed by atoms with Crippen LogP contribution in [0.4, 0.5) is 0 Å². The number of rotatable bonds is 7. The summed E-state index contributed by atoms with van der Waals surface area (Å²) in [6, 6.07) is 4.41. The van der Waals surface area contributed by atoms with Crippen molar-refractivity contribution in [2.24, 2.45) is 0 Å². The Bertz CT molecular complexity index is 567. The van der Waals surface area contributed by atoms with Crippen molar-refractivity contribution in [2.45, 2.75) is 31.4 Å². The normalized spacial score (nSPS) is 11.9. The molecule has 0 aromatic heterocycles. The molecule has 0 fully saturated rings.